The summed E-state index contributed by atoms with van der Waals surface area (Å²) < 4.78 is 6.08. The predicted molar refractivity (Wildman–Crippen MR) is 120 cm³/mol. The third-order valence-corrected chi connectivity index (χ3v) is 6.17. The lowest BCUT2D eigenvalue weighted by Gasteiger charge is -2.10. The van der Waals surface area contributed by atoms with Gasteiger partial charge < -0.3 is 10.1 Å². The van der Waals surface area contributed by atoms with Crippen molar-refractivity contribution in [1.82, 2.24) is 10.3 Å². The van der Waals surface area contributed by atoms with E-state index in [9.17, 15) is 4.79 Å². The summed E-state index contributed by atoms with van der Waals surface area (Å²) in [6.45, 7) is 2.56. The quantitative estimate of drug-likeness (QED) is 0.445. The molecule has 1 aromatic heterocycles. The van der Waals surface area contributed by atoms with E-state index in [2.05, 4.69) is 5.32 Å². The van der Waals surface area contributed by atoms with E-state index in [0.717, 1.165) is 32.1 Å². The molecule has 1 aliphatic rings. The number of thioether (sulfide) groups is 1. The standard InChI is InChI=1S/C21H16N2O2S3/c1-2-25-15-8-9-17-13(11-15)10-14(12-18-19(24)23-21(26)28-18)20(22-17)27-16-6-4-3-5-7-16/h3-12H,2H2,1H3,(H,23,24,26)/b18-12+. The molecule has 1 aliphatic heterocycles. The number of ether oxygens (including phenoxy) is 1. The summed E-state index contributed by atoms with van der Waals surface area (Å²) in [5.41, 5.74) is 1.75. The summed E-state index contributed by atoms with van der Waals surface area (Å²) in [5, 5.41) is 4.45. The van der Waals surface area contributed by atoms with Crippen LogP contribution in [-0.2, 0) is 4.79 Å². The highest BCUT2D eigenvalue weighted by Crippen LogP contribution is 2.35. The molecule has 7 heteroatoms. The first-order valence-electron chi connectivity index (χ1n) is 8.68. The topological polar surface area (TPSA) is 51.2 Å². The Balaban J connectivity index is 1.82. The maximum atomic E-state index is 12.1. The molecule has 1 fully saturated rings. The van der Waals surface area contributed by atoms with Gasteiger partial charge in [0.1, 0.15) is 15.1 Å². The fourth-order valence-corrected chi connectivity index (χ4v) is 4.69. The lowest BCUT2D eigenvalue weighted by molar-refractivity contribution is -0.115. The van der Waals surface area contributed by atoms with Crippen molar-refractivity contribution in [3.63, 3.8) is 0 Å². The van der Waals surface area contributed by atoms with Crippen LogP contribution in [0.2, 0.25) is 0 Å². The number of aromatic nitrogens is 1. The fourth-order valence-electron chi connectivity index (χ4n) is 2.76. The van der Waals surface area contributed by atoms with E-state index < -0.39 is 0 Å². The maximum Gasteiger partial charge on any atom is 0.263 e. The molecule has 28 heavy (non-hydrogen) atoms. The van der Waals surface area contributed by atoms with E-state index in [1.165, 1.54) is 11.8 Å². The summed E-state index contributed by atoms with van der Waals surface area (Å²) >= 11 is 7.94. The van der Waals surface area contributed by atoms with Crippen LogP contribution in [0.1, 0.15) is 12.5 Å². The lowest BCUT2D eigenvalue weighted by atomic mass is 10.1. The number of pyridine rings is 1. The average Bonchev–Trinajstić information content (AvgIpc) is 3.00. The Morgan fingerprint density at radius 3 is 2.75 bits per heavy atom. The van der Waals surface area contributed by atoms with Crippen molar-refractivity contribution >= 4 is 62.9 Å². The minimum Gasteiger partial charge on any atom is -0.494 e. The molecule has 1 N–H and O–H groups in total. The van der Waals surface area contributed by atoms with Crippen molar-refractivity contribution < 1.29 is 9.53 Å². The van der Waals surface area contributed by atoms with Crippen LogP contribution in [-0.4, -0.2) is 21.8 Å². The zero-order chi connectivity index (χ0) is 19.5. The normalized spacial score (nSPS) is 15.2. The van der Waals surface area contributed by atoms with Crippen LogP contribution in [0.5, 0.6) is 5.75 Å². The molecule has 2 heterocycles. The van der Waals surface area contributed by atoms with Crippen LogP contribution in [0.25, 0.3) is 17.0 Å². The molecule has 0 aliphatic carbocycles. The number of hydrogen-bond donors (Lipinski definition) is 1. The molecular formula is C21H16N2O2S3. The second kappa shape index (κ2) is 8.34. The van der Waals surface area contributed by atoms with Gasteiger partial charge in [-0.25, -0.2) is 4.98 Å². The van der Waals surface area contributed by atoms with Crippen LogP contribution < -0.4 is 10.1 Å². The molecule has 140 valence electrons. The van der Waals surface area contributed by atoms with Gasteiger partial charge in [-0.3, -0.25) is 4.79 Å². The lowest BCUT2D eigenvalue weighted by Crippen LogP contribution is -2.17. The van der Waals surface area contributed by atoms with Crippen molar-refractivity contribution in [2.45, 2.75) is 16.8 Å². The first-order chi connectivity index (χ1) is 13.6. The number of hydrogen-bond acceptors (Lipinski definition) is 6. The van der Waals surface area contributed by atoms with E-state index in [0.29, 0.717) is 15.8 Å². The molecule has 4 rings (SSSR count). The molecule has 2 aromatic carbocycles. The van der Waals surface area contributed by atoms with Crippen LogP contribution >= 0.6 is 35.7 Å². The SMILES string of the molecule is CCOc1ccc2nc(Sc3ccccc3)c(/C=C3/SC(=S)NC3=O)cc2c1. The number of thiocarbonyl (C=S) groups is 1. The maximum absolute atomic E-state index is 12.1. The highest BCUT2D eigenvalue weighted by Gasteiger charge is 2.23. The number of amides is 1. The number of nitrogens with zero attached hydrogens (tertiary/aromatic N) is 1. The Bertz CT molecular complexity index is 1100. The highest BCUT2D eigenvalue weighted by atomic mass is 32.2. The minimum atomic E-state index is -0.172. The van der Waals surface area contributed by atoms with E-state index in [1.54, 1.807) is 11.8 Å². The van der Waals surface area contributed by atoms with E-state index in [-0.39, 0.29) is 5.91 Å². The highest BCUT2D eigenvalue weighted by molar-refractivity contribution is 8.26. The molecule has 0 bridgehead atoms. The molecule has 3 aromatic rings. The van der Waals surface area contributed by atoms with E-state index in [4.69, 9.17) is 21.9 Å². The van der Waals surface area contributed by atoms with Crippen molar-refractivity contribution in [2.75, 3.05) is 6.61 Å². The summed E-state index contributed by atoms with van der Waals surface area (Å²) in [6.07, 6.45) is 1.85. The number of carbonyl (C=O) groups excluding carboxylic acids is 1. The number of benzene rings is 2. The first kappa shape index (κ1) is 19.0. The number of fused-ring (bicyclic) bond motifs is 1. The van der Waals surface area contributed by atoms with Gasteiger partial charge in [0.15, 0.2) is 0 Å². The third-order valence-electron chi connectivity index (χ3n) is 3.98. The first-order valence-corrected chi connectivity index (χ1v) is 10.7. The summed E-state index contributed by atoms with van der Waals surface area (Å²) in [4.78, 5) is 18.6. The van der Waals surface area contributed by atoms with E-state index >= 15 is 0 Å². The van der Waals surface area contributed by atoms with Gasteiger partial charge in [0.05, 0.1) is 17.0 Å². The molecule has 0 saturated carbocycles. The number of nitrogens with one attached hydrogen (secondary N) is 1. The van der Waals surface area contributed by atoms with Crippen molar-refractivity contribution in [1.29, 1.82) is 0 Å². The monoisotopic (exact) mass is 424 g/mol. The predicted octanol–water partition coefficient (Wildman–Crippen LogP) is 5.27. The molecule has 0 spiro atoms. The smallest absolute Gasteiger partial charge is 0.263 e. The Hall–Kier alpha value is -2.35. The Morgan fingerprint density at radius 1 is 1.21 bits per heavy atom. The van der Waals surface area contributed by atoms with Crippen LogP contribution in [0.3, 0.4) is 0 Å². The largest absolute Gasteiger partial charge is 0.494 e. The Morgan fingerprint density at radius 2 is 2.04 bits per heavy atom. The molecule has 0 atom stereocenters. The molecule has 1 saturated heterocycles. The zero-order valence-corrected chi connectivity index (χ0v) is 17.4. The summed E-state index contributed by atoms with van der Waals surface area (Å²) in [5.74, 6) is 0.627. The van der Waals surface area contributed by atoms with Gasteiger partial charge in [0, 0.05) is 15.8 Å². The van der Waals surface area contributed by atoms with E-state index in [1.807, 2.05) is 67.6 Å². The third kappa shape index (κ3) is 4.22. The molecule has 0 radical (unpaired) electrons. The molecule has 1 amide bonds. The minimum absolute atomic E-state index is 0.172. The molecule has 0 unspecified atom stereocenters. The second-order valence-electron chi connectivity index (χ2n) is 5.94. The van der Waals surface area contributed by atoms with Gasteiger partial charge in [-0.2, -0.15) is 0 Å². The zero-order valence-electron chi connectivity index (χ0n) is 15.0. The van der Waals surface area contributed by atoms with Crippen molar-refractivity contribution in [3.8, 4) is 5.75 Å². The van der Waals surface area contributed by atoms with Crippen molar-refractivity contribution in [2.24, 2.45) is 0 Å². The van der Waals surface area contributed by atoms with Gasteiger partial charge in [-0.05, 0) is 49.4 Å². The summed E-state index contributed by atoms with van der Waals surface area (Å²) in [7, 11) is 0. The van der Waals surface area contributed by atoms with Gasteiger partial charge >= 0.3 is 0 Å². The van der Waals surface area contributed by atoms with Crippen LogP contribution in [0.4, 0.5) is 0 Å². The van der Waals surface area contributed by atoms with Gasteiger partial charge in [0.2, 0.25) is 0 Å². The Labute approximate surface area is 176 Å². The van der Waals surface area contributed by atoms with Gasteiger partial charge in [0.25, 0.3) is 5.91 Å². The van der Waals surface area contributed by atoms with Gasteiger partial charge in [-0.1, -0.05) is 53.9 Å². The number of rotatable bonds is 5. The number of carbonyl (C=O) groups is 1. The molecular weight excluding hydrogens is 408 g/mol. The van der Waals surface area contributed by atoms with Crippen molar-refractivity contribution in [3.05, 3.63) is 65.1 Å². The average molecular weight is 425 g/mol. The fraction of sp³-hybridized carbons (Fsp3) is 0.0952. The second-order valence-corrected chi connectivity index (χ2v) is 8.72. The van der Waals surface area contributed by atoms with Crippen LogP contribution in [0, 0.1) is 0 Å². The van der Waals surface area contributed by atoms with Gasteiger partial charge in [-0.15, -0.1) is 0 Å². The molecule has 4 nitrogen and oxygen atoms in total. The Kier molecular flexibility index (Phi) is 5.66. The van der Waals surface area contributed by atoms with Crippen LogP contribution in [0.15, 0.2) is 69.4 Å². The summed E-state index contributed by atoms with van der Waals surface area (Å²) in [6, 6.07) is 17.9.